The van der Waals surface area contributed by atoms with Crippen molar-refractivity contribution in [1.29, 1.82) is 0 Å². The van der Waals surface area contributed by atoms with Gasteiger partial charge in [-0.15, -0.1) is 12.3 Å². The molecule has 1 aromatic heterocycles. The Morgan fingerprint density at radius 3 is 3.05 bits per heavy atom. The van der Waals surface area contributed by atoms with E-state index in [4.69, 9.17) is 10.8 Å². The van der Waals surface area contributed by atoms with E-state index in [0.29, 0.717) is 12.0 Å². The topological polar surface area (TPSA) is 28.4 Å². The molecule has 5 rings (SSSR count). The lowest BCUT2D eigenvalue weighted by atomic mass is 9.76. The molecule has 1 N–H and O–H groups in total. The number of benzene rings is 1. The van der Waals surface area contributed by atoms with E-state index < -0.39 is 0 Å². The summed E-state index contributed by atoms with van der Waals surface area (Å²) in [5, 5.41) is 4.74. The minimum atomic E-state index is 0.473. The summed E-state index contributed by atoms with van der Waals surface area (Å²) in [6.07, 6.45) is 8.15. The smallest absolute Gasteiger partial charge is 0.134 e. The normalized spacial score (nSPS) is 30.5. The molecule has 4 atom stereocenters. The molecule has 4 unspecified atom stereocenters. The molecule has 3 aliphatic heterocycles. The van der Waals surface area contributed by atoms with Crippen LogP contribution in [-0.2, 0) is 6.54 Å². The standard InChI is InChI=1S/C19H22N2O/c1-2-14-13-21-8-7-15(14)9-17(21)11-20-12-18-10-16-5-3-4-6-19(16)22-18/h1,3-6,10,14-15,17,20H,7-9,11-13H2. The zero-order chi connectivity index (χ0) is 14.9. The second-order valence-corrected chi connectivity index (χ2v) is 6.59. The van der Waals surface area contributed by atoms with Gasteiger partial charge in [0, 0.05) is 30.4 Å². The predicted octanol–water partition coefficient (Wildman–Crippen LogP) is 2.87. The summed E-state index contributed by atoms with van der Waals surface area (Å²) in [7, 11) is 0. The number of para-hydroxylation sites is 1. The third-order valence-corrected chi connectivity index (χ3v) is 5.25. The first-order valence-corrected chi connectivity index (χ1v) is 8.22. The molecule has 3 aliphatic rings. The van der Waals surface area contributed by atoms with Gasteiger partial charge in [-0.1, -0.05) is 18.2 Å². The van der Waals surface area contributed by atoms with Gasteiger partial charge in [-0.2, -0.15) is 0 Å². The molecule has 3 fully saturated rings. The van der Waals surface area contributed by atoms with Gasteiger partial charge in [-0.3, -0.25) is 4.90 Å². The van der Waals surface area contributed by atoms with E-state index in [1.807, 2.05) is 18.2 Å². The molecule has 3 saturated heterocycles. The monoisotopic (exact) mass is 294 g/mol. The zero-order valence-electron chi connectivity index (χ0n) is 12.8. The van der Waals surface area contributed by atoms with Gasteiger partial charge in [0.1, 0.15) is 11.3 Å². The minimum absolute atomic E-state index is 0.473. The lowest BCUT2D eigenvalue weighted by Crippen LogP contribution is -2.55. The maximum absolute atomic E-state index is 5.85. The third kappa shape index (κ3) is 2.54. The second kappa shape index (κ2) is 5.79. The van der Waals surface area contributed by atoms with Gasteiger partial charge in [0.05, 0.1) is 6.54 Å². The Morgan fingerprint density at radius 2 is 2.27 bits per heavy atom. The molecule has 2 bridgehead atoms. The summed E-state index contributed by atoms with van der Waals surface area (Å²) < 4.78 is 5.85. The van der Waals surface area contributed by atoms with Crippen LogP contribution in [0.1, 0.15) is 18.6 Å². The van der Waals surface area contributed by atoms with Crippen LogP contribution in [-0.4, -0.2) is 30.6 Å². The highest BCUT2D eigenvalue weighted by atomic mass is 16.3. The summed E-state index contributed by atoms with van der Waals surface area (Å²) in [6, 6.07) is 10.9. The Hall–Kier alpha value is -1.76. The first-order valence-electron chi connectivity index (χ1n) is 8.22. The predicted molar refractivity (Wildman–Crippen MR) is 88.3 cm³/mol. The molecule has 3 heteroatoms. The third-order valence-electron chi connectivity index (χ3n) is 5.25. The summed E-state index contributed by atoms with van der Waals surface area (Å²) in [5.41, 5.74) is 0.969. The van der Waals surface area contributed by atoms with Crippen LogP contribution in [0.15, 0.2) is 34.7 Å². The maximum Gasteiger partial charge on any atom is 0.134 e. The second-order valence-electron chi connectivity index (χ2n) is 6.59. The maximum atomic E-state index is 5.85. The van der Waals surface area contributed by atoms with Crippen molar-refractivity contribution in [2.24, 2.45) is 11.8 Å². The highest BCUT2D eigenvalue weighted by molar-refractivity contribution is 5.77. The minimum Gasteiger partial charge on any atom is -0.460 e. The summed E-state index contributed by atoms with van der Waals surface area (Å²) >= 11 is 0. The number of piperidine rings is 3. The lowest BCUT2D eigenvalue weighted by molar-refractivity contribution is 0.0226. The number of terminal acetylenes is 1. The molecule has 22 heavy (non-hydrogen) atoms. The van der Waals surface area contributed by atoms with E-state index in [1.54, 1.807) is 0 Å². The summed E-state index contributed by atoms with van der Waals surface area (Å²) in [4.78, 5) is 2.57. The van der Waals surface area contributed by atoms with Crippen molar-refractivity contribution in [2.75, 3.05) is 19.6 Å². The quantitative estimate of drug-likeness (QED) is 0.879. The molecule has 1 aromatic carbocycles. The van der Waals surface area contributed by atoms with Gasteiger partial charge in [-0.25, -0.2) is 0 Å². The van der Waals surface area contributed by atoms with Gasteiger partial charge < -0.3 is 9.73 Å². The van der Waals surface area contributed by atoms with E-state index in [0.717, 1.165) is 36.9 Å². The number of furan rings is 1. The molecule has 2 aromatic rings. The molecule has 0 radical (unpaired) electrons. The first-order chi connectivity index (χ1) is 10.8. The fraction of sp³-hybridized carbons (Fsp3) is 0.474. The fourth-order valence-electron chi connectivity index (χ4n) is 4.03. The van der Waals surface area contributed by atoms with Crippen LogP contribution in [0.4, 0.5) is 0 Å². The average molecular weight is 294 g/mol. The van der Waals surface area contributed by atoms with E-state index in [1.165, 1.54) is 24.8 Å². The average Bonchev–Trinajstić information content (AvgIpc) is 2.98. The first kappa shape index (κ1) is 13.9. The van der Waals surface area contributed by atoms with Crippen LogP contribution in [0.2, 0.25) is 0 Å². The Morgan fingerprint density at radius 1 is 1.36 bits per heavy atom. The number of fused-ring (bicyclic) bond motifs is 4. The largest absolute Gasteiger partial charge is 0.460 e. The van der Waals surface area contributed by atoms with Crippen LogP contribution in [0.25, 0.3) is 11.0 Å². The van der Waals surface area contributed by atoms with E-state index >= 15 is 0 Å². The van der Waals surface area contributed by atoms with E-state index in [-0.39, 0.29) is 0 Å². The van der Waals surface area contributed by atoms with Crippen LogP contribution in [0.5, 0.6) is 0 Å². The Balaban J connectivity index is 1.33. The summed E-state index contributed by atoms with van der Waals surface area (Å²) in [5.74, 6) is 5.19. The number of hydrogen-bond donors (Lipinski definition) is 1. The van der Waals surface area contributed by atoms with Gasteiger partial charge in [0.2, 0.25) is 0 Å². The molecule has 3 nitrogen and oxygen atoms in total. The molecule has 0 amide bonds. The Kier molecular flexibility index (Phi) is 3.65. The van der Waals surface area contributed by atoms with E-state index in [9.17, 15) is 0 Å². The molecular formula is C19H22N2O. The molecule has 114 valence electrons. The molecular weight excluding hydrogens is 272 g/mol. The van der Waals surface area contributed by atoms with Crippen LogP contribution >= 0.6 is 0 Å². The summed E-state index contributed by atoms with van der Waals surface area (Å²) in [6.45, 7) is 4.10. The van der Waals surface area contributed by atoms with Crippen LogP contribution in [0.3, 0.4) is 0 Å². The van der Waals surface area contributed by atoms with Crippen molar-refractivity contribution in [2.45, 2.75) is 25.4 Å². The van der Waals surface area contributed by atoms with Crippen molar-refractivity contribution in [3.63, 3.8) is 0 Å². The fourth-order valence-corrected chi connectivity index (χ4v) is 4.03. The van der Waals surface area contributed by atoms with Crippen molar-refractivity contribution >= 4 is 11.0 Å². The highest BCUT2D eigenvalue weighted by Gasteiger charge is 2.38. The van der Waals surface area contributed by atoms with Gasteiger partial charge in [0.15, 0.2) is 0 Å². The van der Waals surface area contributed by atoms with Crippen LogP contribution < -0.4 is 5.32 Å². The molecule has 4 heterocycles. The highest BCUT2D eigenvalue weighted by Crippen LogP contribution is 2.35. The Bertz CT molecular complexity index is 666. The number of rotatable bonds is 4. The van der Waals surface area contributed by atoms with Crippen LogP contribution in [0, 0.1) is 24.2 Å². The molecule has 0 spiro atoms. The number of nitrogens with zero attached hydrogens (tertiary/aromatic N) is 1. The van der Waals surface area contributed by atoms with Crippen molar-refractivity contribution in [1.82, 2.24) is 10.2 Å². The van der Waals surface area contributed by atoms with Gasteiger partial charge in [-0.05, 0) is 37.4 Å². The van der Waals surface area contributed by atoms with Crippen molar-refractivity contribution in [3.8, 4) is 12.3 Å². The number of hydrogen-bond acceptors (Lipinski definition) is 3. The Labute approximate surface area is 131 Å². The lowest BCUT2D eigenvalue weighted by Gasteiger charge is -2.48. The van der Waals surface area contributed by atoms with Gasteiger partial charge in [0.25, 0.3) is 0 Å². The SMILES string of the molecule is C#CC1CN2CCC1CC2CNCc1cc2ccccc2o1. The molecule has 0 aliphatic carbocycles. The van der Waals surface area contributed by atoms with Crippen molar-refractivity contribution < 1.29 is 4.42 Å². The zero-order valence-corrected chi connectivity index (χ0v) is 12.8. The van der Waals surface area contributed by atoms with Gasteiger partial charge >= 0.3 is 0 Å². The van der Waals surface area contributed by atoms with E-state index in [2.05, 4.69) is 28.3 Å². The number of nitrogens with one attached hydrogen (secondary N) is 1. The molecule has 0 saturated carbocycles. The van der Waals surface area contributed by atoms with Crippen molar-refractivity contribution in [3.05, 3.63) is 36.1 Å².